The third-order valence-corrected chi connectivity index (χ3v) is 4.58. The molecule has 0 aliphatic carbocycles. The average Bonchev–Trinajstić information content (AvgIpc) is 2.71. The van der Waals surface area contributed by atoms with Gasteiger partial charge in [-0.2, -0.15) is 0 Å². The fourth-order valence-corrected chi connectivity index (χ4v) is 3.25. The Morgan fingerprint density at radius 2 is 1.74 bits per heavy atom. The van der Waals surface area contributed by atoms with Gasteiger partial charge in [0.25, 0.3) is 5.91 Å². The molecule has 0 unspecified atom stereocenters. The number of aromatic nitrogens is 2. The van der Waals surface area contributed by atoms with E-state index < -0.39 is 0 Å². The van der Waals surface area contributed by atoms with Crippen LogP contribution in [0.3, 0.4) is 0 Å². The van der Waals surface area contributed by atoms with E-state index in [0.717, 1.165) is 27.6 Å². The number of ether oxygens (including phenoxy) is 1. The van der Waals surface area contributed by atoms with Gasteiger partial charge >= 0.3 is 0 Å². The van der Waals surface area contributed by atoms with Gasteiger partial charge < -0.3 is 15.4 Å². The molecule has 4 rings (SSSR count). The summed E-state index contributed by atoms with van der Waals surface area (Å²) in [5.41, 5.74) is 3.37. The first kappa shape index (κ1) is 17.2. The van der Waals surface area contributed by atoms with Crippen molar-refractivity contribution in [3.63, 3.8) is 0 Å². The van der Waals surface area contributed by atoms with Crippen molar-refractivity contribution >= 4 is 38.7 Å². The fraction of sp³-hybridized carbons (Fsp3) is 0.190. The first-order chi connectivity index (χ1) is 13.2. The van der Waals surface area contributed by atoms with Crippen molar-refractivity contribution in [1.82, 2.24) is 20.6 Å². The molecule has 1 amide bonds. The lowest BCUT2D eigenvalue weighted by molar-refractivity contribution is 0.0955. The van der Waals surface area contributed by atoms with Gasteiger partial charge in [0, 0.05) is 23.9 Å². The summed E-state index contributed by atoms with van der Waals surface area (Å²) in [5, 5.41) is 7.84. The predicted octanol–water partition coefficient (Wildman–Crippen LogP) is 2.89. The lowest BCUT2D eigenvalue weighted by Crippen LogP contribution is -2.30. The lowest BCUT2D eigenvalue weighted by atomic mass is 10.1. The second-order valence-electron chi connectivity index (χ2n) is 6.25. The summed E-state index contributed by atoms with van der Waals surface area (Å²) in [5.74, 6) is 0.636. The molecule has 136 valence electrons. The van der Waals surface area contributed by atoms with Crippen LogP contribution in [0.2, 0.25) is 0 Å². The van der Waals surface area contributed by atoms with Crippen LogP contribution in [0.4, 0.5) is 0 Å². The Kier molecular flexibility index (Phi) is 4.56. The van der Waals surface area contributed by atoms with Crippen LogP contribution >= 0.6 is 0 Å². The van der Waals surface area contributed by atoms with Crippen LogP contribution in [0.5, 0.6) is 5.75 Å². The van der Waals surface area contributed by atoms with Crippen molar-refractivity contribution in [3.05, 3.63) is 54.1 Å². The first-order valence-electron chi connectivity index (χ1n) is 8.82. The van der Waals surface area contributed by atoms with E-state index in [1.165, 1.54) is 0 Å². The number of hydrogen-bond acceptors (Lipinski definition) is 5. The molecule has 27 heavy (non-hydrogen) atoms. The molecule has 6 nitrogen and oxygen atoms in total. The van der Waals surface area contributed by atoms with Crippen molar-refractivity contribution in [2.45, 2.75) is 0 Å². The molecular formula is C21H20N4O2. The number of hydrogen-bond donors (Lipinski definition) is 2. The van der Waals surface area contributed by atoms with Crippen molar-refractivity contribution in [2.75, 3.05) is 27.2 Å². The Morgan fingerprint density at radius 1 is 0.926 bits per heavy atom. The van der Waals surface area contributed by atoms with E-state index in [4.69, 9.17) is 14.7 Å². The number of carbonyl (C=O) groups is 1. The zero-order chi connectivity index (χ0) is 18.8. The molecule has 0 saturated heterocycles. The number of benzene rings is 3. The maximum atomic E-state index is 12.6. The molecule has 2 N–H and O–H groups in total. The van der Waals surface area contributed by atoms with E-state index in [0.29, 0.717) is 29.7 Å². The third kappa shape index (κ3) is 3.04. The number of nitrogens with zero attached hydrogens (tertiary/aromatic N) is 2. The highest BCUT2D eigenvalue weighted by molar-refractivity contribution is 6.11. The van der Waals surface area contributed by atoms with Crippen LogP contribution in [0.1, 0.15) is 10.4 Å². The van der Waals surface area contributed by atoms with Gasteiger partial charge in [-0.25, -0.2) is 9.97 Å². The van der Waals surface area contributed by atoms with Crippen molar-refractivity contribution < 1.29 is 9.53 Å². The molecule has 0 spiro atoms. The first-order valence-corrected chi connectivity index (χ1v) is 8.82. The van der Waals surface area contributed by atoms with Crippen LogP contribution < -0.4 is 15.4 Å². The van der Waals surface area contributed by atoms with E-state index >= 15 is 0 Å². The van der Waals surface area contributed by atoms with Crippen LogP contribution in [0.15, 0.2) is 48.5 Å². The van der Waals surface area contributed by atoms with E-state index in [-0.39, 0.29) is 5.91 Å². The summed E-state index contributed by atoms with van der Waals surface area (Å²) < 4.78 is 5.46. The quantitative estimate of drug-likeness (QED) is 0.325. The number of fused-ring (bicyclic) bond motifs is 4. The topological polar surface area (TPSA) is 76.1 Å². The van der Waals surface area contributed by atoms with Gasteiger partial charge in [0.05, 0.1) is 29.2 Å². The second-order valence-corrected chi connectivity index (χ2v) is 6.25. The molecule has 3 aromatic carbocycles. The molecule has 1 aromatic heterocycles. The molecule has 0 fully saturated rings. The predicted molar refractivity (Wildman–Crippen MR) is 107 cm³/mol. The van der Waals surface area contributed by atoms with Gasteiger partial charge in [-0.15, -0.1) is 0 Å². The number of likely N-dealkylation sites (N-methyl/N-ethyl adjacent to an activating group) is 1. The number of nitrogens with one attached hydrogen (secondary N) is 2. The minimum absolute atomic E-state index is 0.151. The van der Waals surface area contributed by atoms with Gasteiger partial charge in [0.2, 0.25) is 0 Å². The summed E-state index contributed by atoms with van der Waals surface area (Å²) in [6.07, 6.45) is 0. The summed E-state index contributed by atoms with van der Waals surface area (Å²) in [7, 11) is 3.50. The fourth-order valence-electron chi connectivity index (χ4n) is 3.25. The molecule has 4 aromatic rings. The Morgan fingerprint density at radius 3 is 2.56 bits per heavy atom. The largest absolute Gasteiger partial charge is 0.496 e. The normalized spacial score (nSPS) is 11.2. The summed E-state index contributed by atoms with van der Waals surface area (Å²) in [6, 6.07) is 15.3. The highest BCUT2D eigenvalue weighted by Gasteiger charge is 2.14. The van der Waals surface area contributed by atoms with E-state index in [1.807, 2.05) is 49.5 Å². The van der Waals surface area contributed by atoms with E-state index in [2.05, 4.69) is 10.6 Å². The Balaban J connectivity index is 1.93. The van der Waals surface area contributed by atoms with Gasteiger partial charge in [-0.05, 0) is 37.4 Å². The molecule has 1 heterocycles. The number of methoxy groups -OCH3 is 1. The molecule has 0 aliphatic heterocycles. The Labute approximate surface area is 156 Å². The van der Waals surface area contributed by atoms with Crippen LogP contribution in [-0.2, 0) is 0 Å². The summed E-state index contributed by atoms with van der Waals surface area (Å²) in [6.45, 7) is 1.25. The molecule has 0 radical (unpaired) electrons. The molecule has 6 heteroatoms. The standard InChI is InChI=1S/C21H20N4O2/c1-22-11-12-23-21(26)15-6-3-7-16-20(15)25-19-14-5-4-8-18(27-2)13(14)9-10-17(19)24-16/h3-10,22H,11-12H2,1-2H3,(H,23,26). The van der Waals surface area contributed by atoms with Crippen molar-refractivity contribution in [1.29, 1.82) is 0 Å². The number of carbonyl (C=O) groups excluding carboxylic acids is 1. The van der Waals surface area contributed by atoms with Gasteiger partial charge in [-0.1, -0.05) is 18.2 Å². The summed E-state index contributed by atoms with van der Waals surface area (Å²) in [4.78, 5) is 22.2. The maximum Gasteiger partial charge on any atom is 0.253 e. The Hall–Kier alpha value is -3.25. The number of amides is 1. The highest BCUT2D eigenvalue weighted by Crippen LogP contribution is 2.31. The highest BCUT2D eigenvalue weighted by atomic mass is 16.5. The molecule has 0 bridgehead atoms. The number of para-hydroxylation sites is 1. The molecule has 0 atom stereocenters. The minimum Gasteiger partial charge on any atom is -0.496 e. The monoisotopic (exact) mass is 360 g/mol. The van der Waals surface area contributed by atoms with Gasteiger partial charge in [0.1, 0.15) is 11.3 Å². The smallest absolute Gasteiger partial charge is 0.253 e. The maximum absolute atomic E-state index is 12.6. The zero-order valence-electron chi connectivity index (χ0n) is 15.2. The summed E-state index contributed by atoms with van der Waals surface area (Å²) >= 11 is 0. The zero-order valence-corrected chi connectivity index (χ0v) is 15.2. The molecule has 0 aliphatic rings. The van der Waals surface area contributed by atoms with Crippen molar-refractivity contribution in [2.24, 2.45) is 0 Å². The minimum atomic E-state index is -0.151. The molecular weight excluding hydrogens is 340 g/mol. The second kappa shape index (κ2) is 7.17. The van der Waals surface area contributed by atoms with E-state index in [9.17, 15) is 4.79 Å². The van der Waals surface area contributed by atoms with Crippen LogP contribution in [-0.4, -0.2) is 43.1 Å². The molecule has 0 saturated carbocycles. The van der Waals surface area contributed by atoms with Crippen LogP contribution in [0, 0.1) is 0 Å². The Bertz CT molecular complexity index is 1160. The van der Waals surface area contributed by atoms with E-state index in [1.54, 1.807) is 13.2 Å². The van der Waals surface area contributed by atoms with Crippen LogP contribution in [0.25, 0.3) is 32.8 Å². The lowest BCUT2D eigenvalue weighted by Gasteiger charge is -2.10. The van der Waals surface area contributed by atoms with Gasteiger partial charge in [0.15, 0.2) is 0 Å². The SMILES string of the molecule is CNCCNC(=O)c1cccc2nc3ccc4c(OC)cccc4c3nc12. The van der Waals surface area contributed by atoms with Crippen molar-refractivity contribution in [3.8, 4) is 5.75 Å². The van der Waals surface area contributed by atoms with Gasteiger partial charge in [-0.3, -0.25) is 4.79 Å². The third-order valence-electron chi connectivity index (χ3n) is 4.58. The average molecular weight is 360 g/mol. The number of rotatable bonds is 5.